The molecule has 5 nitrogen and oxygen atoms in total. The lowest BCUT2D eigenvalue weighted by molar-refractivity contribution is 0.208. The normalized spacial score (nSPS) is 12.9. The van der Waals surface area contributed by atoms with Crippen molar-refractivity contribution < 1.29 is 5.11 Å². The molecule has 2 heterocycles. The van der Waals surface area contributed by atoms with Gasteiger partial charge in [-0.1, -0.05) is 17.8 Å². The average Bonchev–Trinajstić information content (AvgIpc) is 2.94. The number of thioether (sulfide) groups is 1. The summed E-state index contributed by atoms with van der Waals surface area (Å²) in [7, 11) is 0. The number of aromatic nitrogens is 3. The van der Waals surface area contributed by atoms with E-state index in [-0.39, 0.29) is 0 Å². The highest BCUT2D eigenvalue weighted by Gasteiger charge is 2.14. The Morgan fingerprint density at radius 1 is 1.59 bits per heavy atom. The summed E-state index contributed by atoms with van der Waals surface area (Å²) in [4.78, 5) is 1.10. The molecule has 0 saturated carbocycles. The maximum Gasteiger partial charge on any atom is 0.191 e. The summed E-state index contributed by atoms with van der Waals surface area (Å²) in [5.41, 5.74) is 5.31. The molecule has 2 aromatic heterocycles. The Morgan fingerprint density at radius 2 is 2.41 bits per heavy atom. The predicted octanol–water partition coefficient (Wildman–Crippen LogP) is 1.40. The van der Waals surface area contributed by atoms with Crippen molar-refractivity contribution in [2.45, 2.75) is 24.9 Å². The van der Waals surface area contributed by atoms with Crippen molar-refractivity contribution in [2.75, 3.05) is 5.75 Å². The quantitative estimate of drug-likeness (QED) is 0.634. The van der Waals surface area contributed by atoms with Crippen molar-refractivity contribution in [1.29, 1.82) is 0 Å². The van der Waals surface area contributed by atoms with Crippen LogP contribution in [0.25, 0.3) is 10.7 Å². The number of aliphatic hydroxyl groups is 1. The lowest BCUT2D eigenvalue weighted by Crippen LogP contribution is -2.21. The summed E-state index contributed by atoms with van der Waals surface area (Å²) in [6.07, 6.45) is -0.827. The molecule has 1 unspecified atom stereocenters. The van der Waals surface area contributed by atoms with E-state index in [1.165, 1.54) is 11.8 Å². The standard InChI is InChI=1S/C10H14N4OS2/c1-2-14-9(7-4-3-5-16-7)12-13-10(14)17-6-8(11)15/h3-5,8,15H,2,6,11H2,1H3. The number of hydrogen-bond acceptors (Lipinski definition) is 6. The van der Waals surface area contributed by atoms with E-state index in [4.69, 9.17) is 10.8 Å². The van der Waals surface area contributed by atoms with Crippen molar-refractivity contribution in [3.05, 3.63) is 17.5 Å². The number of thiophene rings is 1. The second-order valence-corrected chi connectivity index (χ2v) is 5.34. The van der Waals surface area contributed by atoms with Crippen LogP contribution < -0.4 is 5.73 Å². The second-order valence-electron chi connectivity index (χ2n) is 3.41. The number of hydrogen-bond donors (Lipinski definition) is 2. The van der Waals surface area contributed by atoms with Crippen molar-refractivity contribution in [2.24, 2.45) is 5.73 Å². The molecular formula is C10H14N4OS2. The van der Waals surface area contributed by atoms with E-state index in [9.17, 15) is 0 Å². The van der Waals surface area contributed by atoms with Crippen LogP contribution in [-0.4, -0.2) is 31.9 Å². The van der Waals surface area contributed by atoms with E-state index in [1.807, 2.05) is 29.0 Å². The topological polar surface area (TPSA) is 77.0 Å². The number of aliphatic hydroxyl groups excluding tert-OH is 1. The first-order chi connectivity index (χ1) is 8.22. The Balaban J connectivity index is 2.24. The molecule has 92 valence electrons. The number of nitrogens with zero attached hydrogens (tertiary/aromatic N) is 3. The predicted molar refractivity (Wildman–Crippen MR) is 69.9 cm³/mol. The molecule has 17 heavy (non-hydrogen) atoms. The van der Waals surface area contributed by atoms with E-state index in [1.54, 1.807) is 11.3 Å². The van der Waals surface area contributed by atoms with Crippen LogP contribution >= 0.6 is 23.1 Å². The highest BCUT2D eigenvalue weighted by atomic mass is 32.2. The lowest BCUT2D eigenvalue weighted by atomic mass is 10.4. The summed E-state index contributed by atoms with van der Waals surface area (Å²) in [6, 6.07) is 4.01. The van der Waals surface area contributed by atoms with Gasteiger partial charge < -0.3 is 15.4 Å². The molecule has 0 aliphatic heterocycles. The van der Waals surface area contributed by atoms with E-state index >= 15 is 0 Å². The lowest BCUT2D eigenvalue weighted by Gasteiger charge is -2.06. The minimum Gasteiger partial charge on any atom is -0.378 e. The fraction of sp³-hybridized carbons (Fsp3) is 0.400. The molecular weight excluding hydrogens is 256 g/mol. The molecule has 0 fully saturated rings. The minimum atomic E-state index is -0.827. The van der Waals surface area contributed by atoms with Crippen molar-refractivity contribution in [3.8, 4) is 10.7 Å². The first-order valence-corrected chi connectivity index (χ1v) is 7.12. The smallest absolute Gasteiger partial charge is 0.191 e. The molecule has 7 heteroatoms. The van der Waals surface area contributed by atoms with Crippen molar-refractivity contribution >= 4 is 23.1 Å². The molecule has 1 atom stereocenters. The van der Waals surface area contributed by atoms with Gasteiger partial charge in [-0.2, -0.15) is 0 Å². The van der Waals surface area contributed by atoms with E-state index in [0.717, 1.165) is 22.4 Å². The van der Waals surface area contributed by atoms with Crippen LogP contribution in [0, 0.1) is 0 Å². The third kappa shape index (κ3) is 2.86. The first kappa shape index (κ1) is 12.6. The van der Waals surface area contributed by atoms with Gasteiger partial charge in [-0.25, -0.2) is 0 Å². The molecule has 0 spiro atoms. The molecule has 0 bridgehead atoms. The summed E-state index contributed by atoms with van der Waals surface area (Å²) in [5, 5.41) is 20.2. The second kappa shape index (κ2) is 5.63. The third-order valence-electron chi connectivity index (χ3n) is 2.16. The molecule has 3 N–H and O–H groups in total. The molecule has 2 aromatic rings. The van der Waals surface area contributed by atoms with Crippen LogP contribution in [0.15, 0.2) is 22.7 Å². The fourth-order valence-electron chi connectivity index (χ4n) is 1.43. The van der Waals surface area contributed by atoms with Crippen LogP contribution in [0.1, 0.15) is 6.92 Å². The highest BCUT2D eigenvalue weighted by molar-refractivity contribution is 7.99. The SMILES string of the molecule is CCn1c(SCC(N)O)nnc1-c1cccs1. The van der Waals surface area contributed by atoms with E-state index < -0.39 is 6.23 Å². The van der Waals surface area contributed by atoms with Crippen LogP contribution in [0.3, 0.4) is 0 Å². The Hall–Kier alpha value is -0.890. The maximum absolute atomic E-state index is 9.07. The van der Waals surface area contributed by atoms with Crippen LogP contribution in [0.5, 0.6) is 0 Å². The van der Waals surface area contributed by atoms with Crippen LogP contribution in [0.4, 0.5) is 0 Å². The Kier molecular flexibility index (Phi) is 4.16. The molecule has 0 radical (unpaired) electrons. The Bertz CT molecular complexity index is 467. The summed E-state index contributed by atoms with van der Waals surface area (Å²) in [5.74, 6) is 1.29. The molecule has 0 amide bonds. The van der Waals surface area contributed by atoms with Gasteiger partial charge in [0.1, 0.15) is 6.23 Å². The molecule has 0 saturated heterocycles. The maximum atomic E-state index is 9.07. The van der Waals surface area contributed by atoms with Gasteiger partial charge in [0, 0.05) is 12.3 Å². The zero-order chi connectivity index (χ0) is 12.3. The van der Waals surface area contributed by atoms with Gasteiger partial charge in [-0.3, -0.25) is 0 Å². The fourth-order valence-corrected chi connectivity index (χ4v) is 2.94. The summed E-state index contributed by atoms with van der Waals surface area (Å²) in [6.45, 7) is 2.84. The molecule has 0 aliphatic carbocycles. The third-order valence-corrected chi connectivity index (χ3v) is 4.09. The van der Waals surface area contributed by atoms with Gasteiger partial charge in [0.2, 0.25) is 0 Å². The van der Waals surface area contributed by atoms with E-state index in [2.05, 4.69) is 10.2 Å². The largest absolute Gasteiger partial charge is 0.378 e. The van der Waals surface area contributed by atoms with Gasteiger partial charge in [0.15, 0.2) is 11.0 Å². The summed E-state index contributed by atoms with van der Waals surface area (Å²) >= 11 is 3.05. The zero-order valence-electron chi connectivity index (χ0n) is 9.41. The number of rotatable bonds is 5. The van der Waals surface area contributed by atoms with E-state index in [0.29, 0.717) is 5.75 Å². The number of nitrogens with two attached hydrogens (primary N) is 1. The molecule has 0 aliphatic rings. The Labute approximate surface area is 108 Å². The van der Waals surface area contributed by atoms with Gasteiger partial charge >= 0.3 is 0 Å². The average molecular weight is 270 g/mol. The summed E-state index contributed by atoms with van der Waals surface area (Å²) < 4.78 is 2.03. The van der Waals surface area contributed by atoms with Gasteiger partial charge in [-0.15, -0.1) is 21.5 Å². The van der Waals surface area contributed by atoms with Crippen molar-refractivity contribution in [1.82, 2.24) is 14.8 Å². The Morgan fingerprint density at radius 3 is 3.00 bits per heavy atom. The van der Waals surface area contributed by atoms with Crippen molar-refractivity contribution in [3.63, 3.8) is 0 Å². The van der Waals surface area contributed by atoms with Crippen LogP contribution in [-0.2, 0) is 6.54 Å². The minimum absolute atomic E-state index is 0.419. The van der Waals surface area contributed by atoms with Gasteiger partial charge in [0.25, 0.3) is 0 Å². The monoisotopic (exact) mass is 270 g/mol. The molecule has 2 rings (SSSR count). The molecule has 0 aromatic carbocycles. The zero-order valence-corrected chi connectivity index (χ0v) is 11.0. The van der Waals surface area contributed by atoms with Gasteiger partial charge in [-0.05, 0) is 18.4 Å². The van der Waals surface area contributed by atoms with Crippen LogP contribution in [0.2, 0.25) is 0 Å². The first-order valence-electron chi connectivity index (χ1n) is 5.26. The van der Waals surface area contributed by atoms with Gasteiger partial charge in [0.05, 0.1) is 4.88 Å². The highest BCUT2D eigenvalue weighted by Crippen LogP contribution is 2.26.